The van der Waals surface area contributed by atoms with Gasteiger partial charge in [-0.1, -0.05) is 15.9 Å². The second kappa shape index (κ2) is 4.98. The van der Waals surface area contributed by atoms with Gasteiger partial charge >= 0.3 is 0 Å². The Morgan fingerprint density at radius 3 is 3.05 bits per heavy atom. The summed E-state index contributed by atoms with van der Waals surface area (Å²) in [6.07, 6.45) is 0.896. The van der Waals surface area contributed by atoms with Gasteiger partial charge in [-0.2, -0.15) is 0 Å². The highest BCUT2D eigenvalue weighted by Gasteiger charge is 2.24. The first-order valence-corrected chi connectivity index (χ1v) is 7.65. The Balaban J connectivity index is 1.87. The van der Waals surface area contributed by atoms with Gasteiger partial charge in [-0.05, 0) is 41.6 Å². The number of thiophene rings is 1. The van der Waals surface area contributed by atoms with Gasteiger partial charge in [-0.15, -0.1) is 11.3 Å². The van der Waals surface area contributed by atoms with E-state index in [2.05, 4.69) is 27.4 Å². The van der Waals surface area contributed by atoms with Crippen LogP contribution in [0.15, 0.2) is 34.1 Å². The van der Waals surface area contributed by atoms with E-state index in [1.807, 2.05) is 0 Å². The van der Waals surface area contributed by atoms with Crippen LogP contribution in [0.2, 0.25) is 0 Å². The van der Waals surface area contributed by atoms with Crippen LogP contribution >= 0.6 is 27.3 Å². The number of nitrogens with zero attached hydrogens (tertiary/aromatic N) is 1. The maximum absolute atomic E-state index is 12.5. The highest BCUT2D eigenvalue weighted by Crippen LogP contribution is 2.28. The number of halogens is 1. The number of aromatic hydroxyl groups is 1. The number of amides is 1. The summed E-state index contributed by atoms with van der Waals surface area (Å²) >= 11 is 5.07. The Kier molecular flexibility index (Phi) is 3.33. The molecular formula is C14H12BrNO2S. The molecule has 0 saturated heterocycles. The number of hydrogen-bond donors (Lipinski definition) is 1. The van der Waals surface area contributed by atoms with Crippen LogP contribution in [0.25, 0.3) is 0 Å². The first kappa shape index (κ1) is 12.7. The fourth-order valence-corrected chi connectivity index (χ4v) is 3.52. The molecule has 1 aliphatic heterocycles. The lowest BCUT2D eigenvalue weighted by Gasteiger charge is -2.27. The zero-order valence-corrected chi connectivity index (χ0v) is 12.5. The first-order valence-electron chi connectivity index (χ1n) is 5.98. The molecule has 3 rings (SSSR count). The van der Waals surface area contributed by atoms with Crippen molar-refractivity contribution in [3.8, 4) is 5.75 Å². The molecule has 5 heteroatoms. The van der Waals surface area contributed by atoms with Crippen molar-refractivity contribution in [3.63, 3.8) is 0 Å². The number of fused-ring (bicyclic) bond motifs is 1. The van der Waals surface area contributed by atoms with E-state index in [1.165, 1.54) is 16.5 Å². The molecule has 1 N–H and O–H groups in total. The highest BCUT2D eigenvalue weighted by molar-refractivity contribution is 9.10. The minimum Gasteiger partial charge on any atom is -0.507 e. The summed E-state index contributed by atoms with van der Waals surface area (Å²) in [5.41, 5.74) is 1.58. The number of carbonyl (C=O) groups is 1. The lowest BCUT2D eigenvalue weighted by Crippen LogP contribution is -2.35. The Hall–Kier alpha value is -1.33. The number of hydrogen-bond acceptors (Lipinski definition) is 3. The third-order valence-corrected chi connectivity index (χ3v) is 4.80. The molecule has 1 aromatic carbocycles. The number of benzene rings is 1. The van der Waals surface area contributed by atoms with E-state index in [1.54, 1.807) is 28.4 Å². The van der Waals surface area contributed by atoms with Crippen LogP contribution < -0.4 is 0 Å². The van der Waals surface area contributed by atoms with E-state index in [-0.39, 0.29) is 11.7 Å². The van der Waals surface area contributed by atoms with Gasteiger partial charge < -0.3 is 10.0 Å². The standard InChI is InChI=1S/C14H12BrNO2S/c15-10-1-2-12(17)11(7-10)14(18)16-5-3-13-9(8-16)4-6-19-13/h1-2,4,6-7,17H,3,5,8H2. The second-order valence-corrected chi connectivity index (χ2v) is 6.42. The van der Waals surface area contributed by atoms with Gasteiger partial charge in [-0.25, -0.2) is 0 Å². The van der Waals surface area contributed by atoms with E-state index < -0.39 is 0 Å². The van der Waals surface area contributed by atoms with Crippen molar-refractivity contribution in [2.75, 3.05) is 6.54 Å². The van der Waals surface area contributed by atoms with E-state index in [0.717, 1.165) is 10.9 Å². The normalized spacial score (nSPS) is 14.3. The summed E-state index contributed by atoms with van der Waals surface area (Å²) in [6, 6.07) is 7.00. The summed E-state index contributed by atoms with van der Waals surface area (Å²) < 4.78 is 0.793. The van der Waals surface area contributed by atoms with Crippen molar-refractivity contribution >= 4 is 33.2 Å². The smallest absolute Gasteiger partial charge is 0.257 e. The lowest BCUT2D eigenvalue weighted by molar-refractivity contribution is 0.0732. The Bertz CT molecular complexity index is 638. The molecule has 0 aliphatic carbocycles. The molecule has 2 heterocycles. The van der Waals surface area contributed by atoms with Gasteiger partial charge in [0, 0.05) is 22.4 Å². The van der Waals surface area contributed by atoms with Crippen LogP contribution in [-0.2, 0) is 13.0 Å². The molecule has 0 fully saturated rings. The highest BCUT2D eigenvalue weighted by atomic mass is 79.9. The van der Waals surface area contributed by atoms with Gasteiger partial charge in [0.15, 0.2) is 0 Å². The molecule has 0 unspecified atom stereocenters. The predicted molar refractivity (Wildman–Crippen MR) is 78.6 cm³/mol. The van der Waals surface area contributed by atoms with E-state index in [9.17, 15) is 9.90 Å². The molecule has 0 radical (unpaired) electrons. The zero-order valence-electron chi connectivity index (χ0n) is 10.1. The second-order valence-electron chi connectivity index (χ2n) is 4.51. The van der Waals surface area contributed by atoms with Gasteiger partial charge in [0.2, 0.25) is 0 Å². The molecule has 1 amide bonds. The lowest BCUT2D eigenvalue weighted by atomic mass is 10.1. The predicted octanol–water partition coefficient (Wildman–Crippen LogP) is 3.41. The molecule has 19 heavy (non-hydrogen) atoms. The van der Waals surface area contributed by atoms with Crippen LogP contribution in [0.5, 0.6) is 5.75 Å². The van der Waals surface area contributed by atoms with Gasteiger partial charge in [0.1, 0.15) is 5.75 Å². The van der Waals surface area contributed by atoms with Crippen molar-refractivity contribution in [1.82, 2.24) is 4.90 Å². The summed E-state index contributed by atoms with van der Waals surface area (Å²) in [5.74, 6) is -0.0834. The largest absolute Gasteiger partial charge is 0.507 e. The first-order chi connectivity index (χ1) is 9.15. The molecule has 2 aromatic rings. The van der Waals surface area contributed by atoms with Crippen LogP contribution in [0.4, 0.5) is 0 Å². The van der Waals surface area contributed by atoms with E-state index in [0.29, 0.717) is 18.7 Å². The molecule has 3 nitrogen and oxygen atoms in total. The van der Waals surface area contributed by atoms with Crippen LogP contribution in [0, 0.1) is 0 Å². The molecule has 0 spiro atoms. The number of phenols is 1. The maximum Gasteiger partial charge on any atom is 0.257 e. The van der Waals surface area contributed by atoms with Crippen molar-refractivity contribution in [1.29, 1.82) is 0 Å². The quantitative estimate of drug-likeness (QED) is 0.866. The van der Waals surface area contributed by atoms with Crippen LogP contribution in [0.3, 0.4) is 0 Å². The van der Waals surface area contributed by atoms with E-state index >= 15 is 0 Å². The minimum absolute atomic E-state index is 0.0318. The average molecular weight is 338 g/mol. The summed E-state index contributed by atoms with van der Waals surface area (Å²) in [6.45, 7) is 1.34. The zero-order chi connectivity index (χ0) is 13.4. The van der Waals surface area contributed by atoms with Gasteiger partial charge in [-0.3, -0.25) is 4.79 Å². The monoisotopic (exact) mass is 337 g/mol. The van der Waals surface area contributed by atoms with Gasteiger partial charge in [0.25, 0.3) is 5.91 Å². The van der Waals surface area contributed by atoms with E-state index in [4.69, 9.17) is 0 Å². The van der Waals surface area contributed by atoms with Crippen LogP contribution in [-0.4, -0.2) is 22.5 Å². The maximum atomic E-state index is 12.5. The van der Waals surface area contributed by atoms with Gasteiger partial charge in [0.05, 0.1) is 5.56 Å². The fourth-order valence-electron chi connectivity index (χ4n) is 2.27. The topological polar surface area (TPSA) is 40.5 Å². The summed E-state index contributed by atoms with van der Waals surface area (Å²) in [5, 5.41) is 11.9. The van der Waals surface area contributed by atoms with Crippen LogP contribution in [0.1, 0.15) is 20.8 Å². The molecular weight excluding hydrogens is 326 g/mol. The number of carbonyl (C=O) groups excluding carboxylic acids is 1. The van der Waals surface area contributed by atoms with Crippen molar-refractivity contribution in [3.05, 3.63) is 50.1 Å². The third kappa shape index (κ3) is 2.40. The number of phenolic OH excluding ortho intramolecular Hbond substituents is 1. The van der Waals surface area contributed by atoms with Crippen molar-refractivity contribution in [2.24, 2.45) is 0 Å². The molecule has 1 aliphatic rings. The minimum atomic E-state index is -0.115. The summed E-state index contributed by atoms with van der Waals surface area (Å²) in [7, 11) is 0. The molecule has 0 atom stereocenters. The Morgan fingerprint density at radius 2 is 2.21 bits per heavy atom. The van der Waals surface area contributed by atoms with Crippen molar-refractivity contribution < 1.29 is 9.90 Å². The molecule has 1 aromatic heterocycles. The van der Waals surface area contributed by atoms with Crippen molar-refractivity contribution in [2.45, 2.75) is 13.0 Å². The average Bonchev–Trinajstić information content (AvgIpc) is 2.88. The Morgan fingerprint density at radius 1 is 1.37 bits per heavy atom. The SMILES string of the molecule is O=C(c1cc(Br)ccc1O)N1CCc2sccc2C1. The fraction of sp³-hybridized carbons (Fsp3) is 0.214. The molecule has 98 valence electrons. The third-order valence-electron chi connectivity index (χ3n) is 3.28. The Labute approximate surface area is 123 Å². The summed E-state index contributed by atoms with van der Waals surface area (Å²) in [4.78, 5) is 15.6. The molecule has 0 bridgehead atoms. The number of rotatable bonds is 1. The molecule has 0 saturated carbocycles.